The number of ether oxygens (including phenoxy) is 1. The van der Waals surface area contributed by atoms with E-state index >= 15 is 0 Å². The van der Waals surface area contributed by atoms with E-state index in [4.69, 9.17) is 14.7 Å². The molecule has 4 heterocycles. The lowest BCUT2D eigenvalue weighted by Crippen LogP contribution is -2.55. The Bertz CT molecular complexity index is 1370. The highest BCUT2D eigenvalue weighted by molar-refractivity contribution is 5.87. The van der Waals surface area contributed by atoms with E-state index in [9.17, 15) is 10.1 Å². The maximum Gasteiger partial charge on any atom is 0.246 e. The van der Waals surface area contributed by atoms with Crippen molar-refractivity contribution in [1.29, 1.82) is 5.26 Å². The van der Waals surface area contributed by atoms with Gasteiger partial charge in [-0.05, 0) is 56.2 Å². The monoisotopic (exact) mass is 598 g/mol. The molecule has 0 spiro atoms. The molecule has 10 nitrogen and oxygen atoms in total. The number of nitrogens with zero attached hydrogens (tertiary/aromatic N) is 7. The summed E-state index contributed by atoms with van der Waals surface area (Å²) in [7, 11) is 1.76. The number of benzene rings is 1. The fraction of sp³-hybridized carbons (Fsp3) is 0.588. The van der Waals surface area contributed by atoms with Crippen LogP contribution >= 0.6 is 0 Å². The van der Waals surface area contributed by atoms with Gasteiger partial charge in [0.05, 0.1) is 30.8 Å². The third-order valence-corrected chi connectivity index (χ3v) is 9.91. The number of carbonyl (C=O) groups is 1. The molecule has 10 heteroatoms. The second-order valence-corrected chi connectivity index (χ2v) is 12.6. The van der Waals surface area contributed by atoms with Crippen LogP contribution in [0.3, 0.4) is 0 Å². The lowest BCUT2D eigenvalue weighted by molar-refractivity contribution is -0.128. The summed E-state index contributed by atoms with van der Waals surface area (Å²) in [5.41, 5.74) is 5.19. The number of aromatic nitrogens is 2. The van der Waals surface area contributed by atoms with Crippen LogP contribution < -0.4 is 15.1 Å². The summed E-state index contributed by atoms with van der Waals surface area (Å²) in [5, 5.41) is 13.3. The maximum atomic E-state index is 12.6. The number of aryl methyl sites for hydroxylation is 1. The van der Waals surface area contributed by atoms with Gasteiger partial charge in [0.1, 0.15) is 5.82 Å². The third kappa shape index (κ3) is 6.54. The highest BCUT2D eigenvalue weighted by atomic mass is 16.5. The Hall–Kier alpha value is -3.68. The van der Waals surface area contributed by atoms with Crippen molar-refractivity contribution in [2.24, 2.45) is 0 Å². The highest BCUT2D eigenvalue weighted by Crippen LogP contribution is 2.36. The van der Waals surface area contributed by atoms with Crippen LogP contribution in [0, 0.1) is 11.3 Å². The molecule has 2 unspecified atom stereocenters. The van der Waals surface area contributed by atoms with E-state index < -0.39 is 0 Å². The molecule has 0 bridgehead atoms. The zero-order chi connectivity index (χ0) is 30.5. The molecule has 44 heavy (non-hydrogen) atoms. The minimum atomic E-state index is -0.195. The number of rotatable bonds is 9. The molecule has 1 aromatic carbocycles. The number of piperazine rings is 1. The predicted molar refractivity (Wildman–Crippen MR) is 173 cm³/mol. The van der Waals surface area contributed by atoms with Crippen molar-refractivity contribution in [2.75, 3.05) is 74.6 Å². The van der Waals surface area contributed by atoms with Crippen molar-refractivity contribution in [3.05, 3.63) is 53.7 Å². The number of hydrogen-bond donors (Lipinski definition) is 1. The lowest BCUT2D eigenvalue weighted by Gasteiger charge is -2.43. The molecule has 2 aromatic rings. The molecule has 234 valence electrons. The molecule has 3 aliphatic heterocycles. The minimum absolute atomic E-state index is 0.113. The smallest absolute Gasteiger partial charge is 0.246 e. The standard InChI is InChI=1S/C34H46N8O2/c1-3-32(43)42-20-19-40(24-28(42)12-15-35)33-29-11-10-27(41-16-6-8-25-7-4-5-9-31(25)41)23-30(29)37-34(38-33)36-26-13-17-39(18-14-26)21-22-44-2/h3-5,7,9,26-28H,1,6,8,10-14,16-24H2,2H3,(H,36,37,38). The molecule has 0 radical (unpaired) electrons. The summed E-state index contributed by atoms with van der Waals surface area (Å²) in [5.74, 6) is 1.56. The minimum Gasteiger partial charge on any atom is -0.383 e. The number of fused-ring (bicyclic) bond motifs is 2. The summed E-state index contributed by atoms with van der Waals surface area (Å²) in [6, 6.07) is 11.7. The number of carbonyl (C=O) groups excluding carboxylic acids is 1. The molecular formula is C34H46N8O2. The number of amides is 1. The van der Waals surface area contributed by atoms with E-state index in [1.807, 2.05) is 0 Å². The van der Waals surface area contributed by atoms with Crippen molar-refractivity contribution in [2.45, 2.75) is 69.5 Å². The van der Waals surface area contributed by atoms with Crippen molar-refractivity contribution in [1.82, 2.24) is 19.8 Å². The fourth-order valence-corrected chi connectivity index (χ4v) is 7.55. The van der Waals surface area contributed by atoms with Crippen molar-refractivity contribution in [3.63, 3.8) is 0 Å². The zero-order valence-electron chi connectivity index (χ0n) is 26.1. The van der Waals surface area contributed by atoms with E-state index in [1.54, 1.807) is 12.0 Å². The zero-order valence-corrected chi connectivity index (χ0v) is 26.1. The van der Waals surface area contributed by atoms with E-state index in [0.717, 1.165) is 82.8 Å². The van der Waals surface area contributed by atoms with Gasteiger partial charge in [-0.25, -0.2) is 4.98 Å². The largest absolute Gasteiger partial charge is 0.383 e. The van der Waals surface area contributed by atoms with Gasteiger partial charge in [-0.15, -0.1) is 0 Å². The number of nitrogens with one attached hydrogen (secondary N) is 1. The van der Waals surface area contributed by atoms with Crippen LogP contribution in [0.4, 0.5) is 17.5 Å². The second kappa shape index (κ2) is 14.0. The molecule has 2 atom stereocenters. The summed E-state index contributed by atoms with van der Waals surface area (Å²) >= 11 is 0. The normalized spacial score (nSPS) is 22.6. The molecule has 0 saturated carbocycles. The van der Waals surface area contributed by atoms with E-state index in [2.05, 4.69) is 56.9 Å². The first-order valence-corrected chi connectivity index (χ1v) is 16.3. The molecule has 6 rings (SSSR count). The Morgan fingerprint density at radius 1 is 1.14 bits per heavy atom. The molecular weight excluding hydrogens is 552 g/mol. The number of piperidine rings is 1. The first kappa shape index (κ1) is 30.4. The van der Waals surface area contributed by atoms with Crippen molar-refractivity contribution in [3.8, 4) is 6.07 Å². The van der Waals surface area contributed by atoms with Crippen LogP contribution in [-0.4, -0.2) is 103 Å². The van der Waals surface area contributed by atoms with E-state index in [1.165, 1.54) is 29.3 Å². The summed E-state index contributed by atoms with van der Waals surface area (Å²) in [6.07, 6.45) is 8.91. The second-order valence-electron chi connectivity index (χ2n) is 12.6. The third-order valence-electron chi connectivity index (χ3n) is 9.91. The molecule has 2 saturated heterocycles. The number of para-hydroxylation sites is 1. The molecule has 2 fully saturated rings. The van der Waals surface area contributed by atoms with Gasteiger partial charge in [0.2, 0.25) is 11.9 Å². The number of anilines is 3. The van der Waals surface area contributed by atoms with Gasteiger partial charge in [0, 0.05) is 82.7 Å². The summed E-state index contributed by atoms with van der Waals surface area (Å²) in [4.78, 5) is 32.1. The molecule has 4 aliphatic rings. The summed E-state index contributed by atoms with van der Waals surface area (Å²) < 4.78 is 5.28. The topological polar surface area (TPSA) is 101 Å². The number of methoxy groups -OCH3 is 1. The molecule has 1 N–H and O–H groups in total. The van der Waals surface area contributed by atoms with Crippen molar-refractivity contribution >= 4 is 23.4 Å². The Morgan fingerprint density at radius 3 is 2.77 bits per heavy atom. The van der Waals surface area contributed by atoms with Crippen molar-refractivity contribution < 1.29 is 9.53 Å². The first-order valence-electron chi connectivity index (χ1n) is 16.3. The fourth-order valence-electron chi connectivity index (χ4n) is 7.55. The van der Waals surface area contributed by atoms with Crippen LogP contribution in [0.15, 0.2) is 36.9 Å². The average Bonchev–Trinajstić information content (AvgIpc) is 3.07. The van der Waals surface area contributed by atoms with Crippen LogP contribution in [0.1, 0.15) is 48.9 Å². The number of nitriles is 1. The SMILES string of the molecule is C=CC(=O)N1CCN(c2nc(NC3CCN(CCOC)CC3)nc3c2CCC(N2CCCc4ccccc42)C3)CC1CC#N. The first-order chi connectivity index (χ1) is 21.6. The number of likely N-dealkylation sites (tertiary alicyclic amines) is 1. The van der Waals surface area contributed by atoms with Gasteiger partial charge in [-0.1, -0.05) is 24.8 Å². The van der Waals surface area contributed by atoms with E-state index in [-0.39, 0.29) is 18.4 Å². The average molecular weight is 599 g/mol. The van der Waals surface area contributed by atoms with Crippen LogP contribution in [0.5, 0.6) is 0 Å². The lowest BCUT2D eigenvalue weighted by atomic mass is 9.88. The Morgan fingerprint density at radius 2 is 1.98 bits per heavy atom. The number of hydrogen-bond acceptors (Lipinski definition) is 9. The molecule has 1 aliphatic carbocycles. The highest BCUT2D eigenvalue weighted by Gasteiger charge is 2.35. The van der Waals surface area contributed by atoms with Gasteiger partial charge in [0.25, 0.3) is 0 Å². The Kier molecular flexibility index (Phi) is 9.63. The van der Waals surface area contributed by atoms with Gasteiger partial charge in [-0.2, -0.15) is 10.2 Å². The van der Waals surface area contributed by atoms with Gasteiger partial charge in [-0.3, -0.25) is 4.79 Å². The quantitative estimate of drug-likeness (QED) is 0.435. The molecule has 1 amide bonds. The van der Waals surface area contributed by atoms with Gasteiger partial charge >= 0.3 is 0 Å². The Labute approximate surface area is 261 Å². The maximum absolute atomic E-state index is 12.6. The van der Waals surface area contributed by atoms with Crippen LogP contribution in [0.25, 0.3) is 0 Å². The van der Waals surface area contributed by atoms with Crippen LogP contribution in [0.2, 0.25) is 0 Å². The summed E-state index contributed by atoms with van der Waals surface area (Å²) in [6.45, 7) is 10.4. The van der Waals surface area contributed by atoms with Crippen LogP contribution in [-0.2, 0) is 28.8 Å². The molecule has 1 aromatic heterocycles. The van der Waals surface area contributed by atoms with E-state index in [0.29, 0.717) is 37.7 Å². The van der Waals surface area contributed by atoms with Gasteiger partial charge in [0.15, 0.2) is 0 Å². The van der Waals surface area contributed by atoms with Gasteiger partial charge < -0.3 is 29.7 Å². The predicted octanol–water partition coefficient (Wildman–Crippen LogP) is 3.43. The Balaban J connectivity index is 1.27.